The van der Waals surface area contributed by atoms with Crippen LogP contribution in [0.3, 0.4) is 0 Å². The molecule has 1 aromatic heterocycles. The topological polar surface area (TPSA) is 12.0 Å². The minimum atomic E-state index is 0. The number of hydrogen-bond donors (Lipinski definition) is 1. The van der Waals surface area contributed by atoms with Crippen molar-refractivity contribution in [2.75, 3.05) is 6.54 Å². The molecule has 2 rings (SSSR count). The van der Waals surface area contributed by atoms with Crippen LogP contribution >= 0.6 is 55.6 Å². The lowest BCUT2D eigenvalue weighted by atomic mass is 10.1. The molecule has 1 atom stereocenters. The van der Waals surface area contributed by atoms with Crippen LogP contribution < -0.4 is 5.32 Å². The Labute approximate surface area is 98.6 Å². The highest BCUT2D eigenvalue weighted by atomic mass is 79.9. The van der Waals surface area contributed by atoms with Crippen LogP contribution in [0.5, 0.6) is 0 Å². The fourth-order valence-electron chi connectivity index (χ4n) is 1.07. The first-order valence-corrected chi connectivity index (χ1v) is 5.86. The van der Waals surface area contributed by atoms with E-state index >= 15 is 0 Å². The summed E-state index contributed by atoms with van der Waals surface area (Å²) in [5.41, 5.74) is 0. The van der Waals surface area contributed by atoms with Gasteiger partial charge < -0.3 is 5.32 Å². The monoisotopic (exact) mass is 331 g/mol. The summed E-state index contributed by atoms with van der Waals surface area (Å²) in [6.45, 7) is 1.16. The van der Waals surface area contributed by atoms with Gasteiger partial charge >= 0.3 is 0 Å². The van der Waals surface area contributed by atoms with E-state index in [1.807, 2.05) is 0 Å². The molecule has 0 spiro atoms. The summed E-state index contributed by atoms with van der Waals surface area (Å²) >= 11 is 8.76. The lowest BCUT2D eigenvalue weighted by molar-refractivity contribution is 0.389. The van der Waals surface area contributed by atoms with Gasteiger partial charge in [0.2, 0.25) is 0 Å². The molecule has 1 fully saturated rings. The van der Waals surface area contributed by atoms with Gasteiger partial charge in [-0.1, -0.05) is 0 Å². The van der Waals surface area contributed by atoms with Crippen molar-refractivity contribution in [2.45, 2.75) is 12.5 Å². The third kappa shape index (κ3) is 2.04. The summed E-state index contributed by atoms with van der Waals surface area (Å²) in [4.78, 5) is 1.43. The van der Waals surface area contributed by atoms with Gasteiger partial charge in [0.25, 0.3) is 0 Å². The predicted octanol–water partition coefficient (Wildman–Crippen LogP) is 3.73. The van der Waals surface area contributed by atoms with Gasteiger partial charge in [-0.2, -0.15) is 0 Å². The van der Waals surface area contributed by atoms with Gasteiger partial charge in [0, 0.05) is 15.4 Å². The second kappa shape index (κ2) is 4.42. The summed E-state index contributed by atoms with van der Waals surface area (Å²) in [6.07, 6.45) is 1.28. The van der Waals surface area contributed by atoms with Crippen LogP contribution in [0.4, 0.5) is 0 Å². The third-order valence-corrected chi connectivity index (χ3v) is 5.20. The SMILES string of the molecule is Brc1cc([C@@H]2CCN2)sc1Br.Cl. The predicted molar refractivity (Wildman–Crippen MR) is 62.3 cm³/mol. The molecular formula is C7H8Br2ClNS. The standard InChI is InChI=1S/C7H7Br2NS.ClH/c8-4-3-6(11-7(4)9)5-1-2-10-5;/h3,5,10H,1-2H2;1H/t5-;/m0./s1. The van der Waals surface area contributed by atoms with Gasteiger partial charge in [-0.05, 0) is 50.9 Å². The van der Waals surface area contributed by atoms with Crippen molar-refractivity contribution in [3.63, 3.8) is 0 Å². The Hall–Kier alpha value is 0.910. The maximum atomic E-state index is 3.48. The zero-order valence-corrected chi connectivity index (χ0v) is 10.9. The molecule has 0 amide bonds. The molecule has 5 heteroatoms. The van der Waals surface area contributed by atoms with Crippen LogP contribution in [0.15, 0.2) is 14.3 Å². The first-order valence-electron chi connectivity index (χ1n) is 3.45. The van der Waals surface area contributed by atoms with Gasteiger partial charge in [0.1, 0.15) is 0 Å². The van der Waals surface area contributed by atoms with E-state index in [2.05, 4.69) is 43.2 Å². The molecule has 1 N–H and O–H groups in total. The third-order valence-electron chi connectivity index (χ3n) is 1.83. The first kappa shape index (κ1) is 11.0. The van der Waals surface area contributed by atoms with Crippen LogP contribution in [-0.2, 0) is 0 Å². The Kier molecular flexibility index (Phi) is 4.05. The normalized spacial score (nSPS) is 21.3. The Morgan fingerprint density at radius 1 is 1.50 bits per heavy atom. The van der Waals surface area contributed by atoms with Crippen molar-refractivity contribution in [3.8, 4) is 0 Å². The molecule has 1 aliphatic rings. The van der Waals surface area contributed by atoms with Gasteiger partial charge in [0.15, 0.2) is 0 Å². The molecule has 68 valence electrons. The van der Waals surface area contributed by atoms with Crippen molar-refractivity contribution < 1.29 is 0 Å². The second-order valence-corrected chi connectivity index (χ2v) is 5.82. The molecular weight excluding hydrogens is 325 g/mol. The van der Waals surface area contributed by atoms with E-state index in [4.69, 9.17) is 0 Å². The van der Waals surface area contributed by atoms with Crippen molar-refractivity contribution in [3.05, 3.63) is 19.2 Å². The molecule has 0 aromatic carbocycles. The Balaban J connectivity index is 0.000000720. The molecule has 0 bridgehead atoms. The van der Waals surface area contributed by atoms with E-state index in [1.54, 1.807) is 11.3 Å². The minimum Gasteiger partial charge on any atom is -0.309 e. The van der Waals surface area contributed by atoms with Crippen molar-refractivity contribution in [2.24, 2.45) is 0 Å². The van der Waals surface area contributed by atoms with Gasteiger partial charge in [-0.3, -0.25) is 0 Å². The summed E-state index contributed by atoms with van der Waals surface area (Å²) in [6, 6.07) is 2.80. The van der Waals surface area contributed by atoms with E-state index in [9.17, 15) is 0 Å². The second-order valence-electron chi connectivity index (χ2n) is 2.57. The van der Waals surface area contributed by atoms with E-state index in [-0.39, 0.29) is 12.4 Å². The number of rotatable bonds is 1. The highest BCUT2D eigenvalue weighted by Gasteiger charge is 2.20. The van der Waals surface area contributed by atoms with Crippen molar-refractivity contribution >= 4 is 55.6 Å². The van der Waals surface area contributed by atoms with E-state index in [1.165, 1.54) is 19.6 Å². The average molecular weight is 333 g/mol. The number of nitrogens with one attached hydrogen (secondary N) is 1. The van der Waals surface area contributed by atoms with Crippen LogP contribution in [0.1, 0.15) is 17.3 Å². The molecule has 0 aliphatic carbocycles. The minimum absolute atomic E-state index is 0. The summed E-state index contributed by atoms with van der Waals surface area (Å²) in [5, 5.41) is 3.37. The number of thiophene rings is 1. The molecule has 1 aliphatic heterocycles. The molecule has 1 nitrogen and oxygen atoms in total. The number of hydrogen-bond acceptors (Lipinski definition) is 2. The molecule has 0 radical (unpaired) electrons. The van der Waals surface area contributed by atoms with Crippen LogP contribution in [-0.4, -0.2) is 6.54 Å². The lowest BCUT2D eigenvalue weighted by Crippen LogP contribution is -2.34. The van der Waals surface area contributed by atoms with Crippen molar-refractivity contribution in [1.82, 2.24) is 5.32 Å². The fourth-order valence-corrected chi connectivity index (χ4v) is 3.27. The van der Waals surface area contributed by atoms with Crippen LogP contribution in [0.25, 0.3) is 0 Å². The smallest absolute Gasteiger partial charge is 0.0843 e. The van der Waals surface area contributed by atoms with E-state index in [0.717, 1.165) is 6.54 Å². The average Bonchev–Trinajstić information content (AvgIpc) is 2.08. The molecule has 1 saturated heterocycles. The zero-order valence-electron chi connectivity index (χ0n) is 6.14. The molecule has 2 heterocycles. The van der Waals surface area contributed by atoms with Gasteiger partial charge in [-0.15, -0.1) is 23.7 Å². The largest absolute Gasteiger partial charge is 0.309 e. The molecule has 0 saturated carbocycles. The Morgan fingerprint density at radius 3 is 2.50 bits per heavy atom. The highest BCUT2D eigenvalue weighted by Crippen LogP contribution is 2.37. The summed E-state index contributed by atoms with van der Waals surface area (Å²) < 4.78 is 2.37. The summed E-state index contributed by atoms with van der Waals surface area (Å²) in [5.74, 6) is 0. The first-order chi connectivity index (χ1) is 5.27. The summed E-state index contributed by atoms with van der Waals surface area (Å²) in [7, 11) is 0. The lowest BCUT2D eigenvalue weighted by Gasteiger charge is -2.26. The quantitative estimate of drug-likeness (QED) is 0.826. The molecule has 0 unspecified atom stereocenters. The van der Waals surface area contributed by atoms with Crippen LogP contribution in [0.2, 0.25) is 0 Å². The highest BCUT2D eigenvalue weighted by molar-refractivity contribution is 9.13. The fraction of sp³-hybridized carbons (Fsp3) is 0.429. The van der Waals surface area contributed by atoms with Crippen LogP contribution in [0, 0.1) is 0 Å². The Bertz CT molecular complexity index is 253. The van der Waals surface area contributed by atoms with Gasteiger partial charge in [0.05, 0.1) is 3.79 Å². The Morgan fingerprint density at radius 2 is 2.17 bits per heavy atom. The molecule has 1 aromatic rings. The maximum Gasteiger partial charge on any atom is 0.0843 e. The number of halogens is 3. The van der Waals surface area contributed by atoms with E-state index in [0.29, 0.717) is 6.04 Å². The maximum absolute atomic E-state index is 3.48. The molecule has 12 heavy (non-hydrogen) atoms. The zero-order chi connectivity index (χ0) is 7.84. The van der Waals surface area contributed by atoms with Gasteiger partial charge in [-0.25, -0.2) is 0 Å². The van der Waals surface area contributed by atoms with Crippen molar-refractivity contribution in [1.29, 1.82) is 0 Å². The van der Waals surface area contributed by atoms with E-state index < -0.39 is 0 Å².